The summed E-state index contributed by atoms with van der Waals surface area (Å²) in [7, 11) is 0. The summed E-state index contributed by atoms with van der Waals surface area (Å²) in [5, 5.41) is 2.27. The van der Waals surface area contributed by atoms with Gasteiger partial charge >= 0.3 is 0 Å². The Morgan fingerprint density at radius 3 is 2.75 bits per heavy atom. The van der Waals surface area contributed by atoms with Crippen LogP contribution in [0.15, 0.2) is 36.5 Å². The normalized spacial score (nSPS) is 10.6. The van der Waals surface area contributed by atoms with Crippen molar-refractivity contribution >= 4 is 16.6 Å². The van der Waals surface area contributed by atoms with Crippen LogP contribution >= 0.6 is 0 Å². The maximum Gasteiger partial charge on any atom is 0.138 e. The van der Waals surface area contributed by atoms with Crippen LogP contribution in [0.25, 0.3) is 10.8 Å². The van der Waals surface area contributed by atoms with Gasteiger partial charge in [0.1, 0.15) is 5.78 Å². The molecule has 0 aliphatic carbocycles. The summed E-state index contributed by atoms with van der Waals surface area (Å²) in [6.07, 6.45) is 3.85. The average molecular weight is 213 g/mol. The van der Waals surface area contributed by atoms with Crippen molar-refractivity contribution in [3.8, 4) is 0 Å². The predicted molar refractivity (Wildman–Crippen MR) is 65.4 cm³/mol. The minimum Gasteiger partial charge on any atom is -0.299 e. The molecule has 82 valence electrons. The van der Waals surface area contributed by atoms with Crippen LogP contribution in [0, 0.1) is 0 Å². The van der Waals surface area contributed by atoms with Gasteiger partial charge in [0.15, 0.2) is 0 Å². The van der Waals surface area contributed by atoms with E-state index in [-0.39, 0.29) is 5.78 Å². The Labute approximate surface area is 95.3 Å². The first-order valence-corrected chi connectivity index (χ1v) is 5.65. The highest BCUT2D eigenvalue weighted by atomic mass is 16.1. The number of rotatable bonds is 4. The molecule has 0 N–H and O–H groups in total. The van der Waals surface area contributed by atoms with Gasteiger partial charge in [0.2, 0.25) is 0 Å². The average Bonchev–Trinajstić information content (AvgIpc) is 2.29. The Hall–Kier alpha value is -1.70. The van der Waals surface area contributed by atoms with Gasteiger partial charge < -0.3 is 0 Å². The quantitative estimate of drug-likeness (QED) is 0.781. The number of hydrogen-bond acceptors (Lipinski definition) is 2. The lowest BCUT2D eigenvalue weighted by molar-refractivity contribution is -0.118. The zero-order valence-electron chi connectivity index (χ0n) is 9.44. The molecular weight excluding hydrogens is 198 g/mol. The SMILES string of the molecule is CCCC(=O)Cc1cc2ccccc2cn1. The molecule has 0 spiro atoms. The molecule has 1 aromatic carbocycles. The first-order chi connectivity index (χ1) is 7.79. The summed E-state index contributed by atoms with van der Waals surface area (Å²) < 4.78 is 0. The van der Waals surface area contributed by atoms with E-state index >= 15 is 0 Å². The van der Waals surface area contributed by atoms with Crippen molar-refractivity contribution in [2.24, 2.45) is 0 Å². The molecule has 0 bridgehead atoms. The topological polar surface area (TPSA) is 30.0 Å². The number of carbonyl (C=O) groups excluding carboxylic acids is 1. The molecule has 0 saturated heterocycles. The fourth-order valence-electron chi connectivity index (χ4n) is 1.80. The van der Waals surface area contributed by atoms with Crippen LogP contribution < -0.4 is 0 Å². The molecule has 0 unspecified atom stereocenters. The van der Waals surface area contributed by atoms with E-state index in [1.165, 1.54) is 0 Å². The monoisotopic (exact) mass is 213 g/mol. The van der Waals surface area contributed by atoms with Gasteiger partial charge in [-0.05, 0) is 17.9 Å². The number of fused-ring (bicyclic) bond motifs is 1. The van der Waals surface area contributed by atoms with E-state index in [0.717, 1.165) is 22.9 Å². The maximum atomic E-state index is 11.5. The molecule has 0 saturated carbocycles. The molecule has 1 aromatic heterocycles. The number of aromatic nitrogens is 1. The fourth-order valence-corrected chi connectivity index (χ4v) is 1.80. The third kappa shape index (κ3) is 2.45. The smallest absolute Gasteiger partial charge is 0.138 e. The highest BCUT2D eigenvalue weighted by molar-refractivity contribution is 5.84. The largest absolute Gasteiger partial charge is 0.299 e. The van der Waals surface area contributed by atoms with Crippen LogP contribution in [0.3, 0.4) is 0 Å². The van der Waals surface area contributed by atoms with Crippen LogP contribution in [0.1, 0.15) is 25.5 Å². The lowest BCUT2D eigenvalue weighted by atomic mass is 10.1. The van der Waals surface area contributed by atoms with Crippen LogP contribution in [-0.4, -0.2) is 10.8 Å². The number of carbonyl (C=O) groups is 1. The number of nitrogens with zero attached hydrogens (tertiary/aromatic N) is 1. The van der Waals surface area contributed by atoms with Crippen molar-refractivity contribution in [1.82, 2.24) is 4.98 Å². The molecule has 2 heteroatoms. The Morgan fingerprint density at radius 2 is 2.00 bits per heavy atom. The van der Waals surface area contributed by atoms with Gasteiger partial charge in [0.25, 0.3) is 0 Å². The van der Waals surface area contributed by atoms with E-state index in [0.29, 0.717) is 12.8 Å². The van der Waals surface area contributed by atoms with Crippen molar-refractivity contribution in [3.05, 3.63) is 42.2 Å². The van der Waals surface area contributed by atoms with Gasteiger partial charge in [0, 0.05) is 30.1 Å². The number of Topliss-reactive ketones (excluding diaryl/α,β-unsaturated/α-hetero) is 1. The molecule has 1 heterocycles. The molecule has 2 nitrogen and oxygen atoms in total. The Morgan fingerprint density at radius 1 is 1.25 bits per heavy atom. The molecular formula is C14H15NO. The van der Waals surface area contributed by atoms with Gasteiger partial charge in [-0.3, -0.25) is 9.78 Å². The first kappa shape index (κ1) is 10.8. The number of ketones is 1. The first-order valence-electron chi connectivity index (χ1n) is 5.65. The summed E-state index contributed by atoms with van der Waals surface area (Å²) in [5.41, 5.74) is 0.872. The second kappa shape index (κ2) is 4.88. The van der Waals surface area contributed by atoms with Gasteiger partial charge in [-0.15, -0.1) is 0 Å². The fraction of sp³-hybridized carbons (Fsp3) is 0.286. The summed E-state index contributed by atoms with van der Waals surface area (Å²) in [4.78, 5) is 15.8. The van der Waals surface area contributed by atoms with Crippen LogP contribution in [0.2, 0.25) is 0 Å². The van der Waals surface area contributed by atoms with Crippen molar-refractivity contribution < 1.29 is 4.79 Å². The van der Waals surface area contributed by atoms with Crippen LogP contribution in [0.5, 0.6) is 0 Å². The van der Waals surface area contributed by atoms with Gasteiger partial charge in [-0.1, -0.05) is 31.2 Å². The number of pyridine rings is 1. The maximum absolute atomic E-state index is 11.5. The second-order valence-electron chi connectivity index (χ2n) is 3.99. The van der Waals surface area contributed by atoms with E-state index in [1.54, 1.807) is 0 Å². The van der Waals surface area contributed by atoms with Gasteiger partial charge in [-0.25, -0.2) is 0 Å². The summed E-state index contributed by atoms with van der Waals surface area (Å²) in [6, 6.07) is 10.1. The van der Waals surface area contributed by atoms with E-state index in [2.05, 4.69) is 4.98 Å². The highest BCUT2D eigenvalue weighted by Gasteiger charge is 2.04. The molecule has 0 atom stereocenters. The van der Waals surface area contributed by atoms with E-state index in [1.807, 2.05) is 43.5 Å². The molecule has 0 radical (unpaired) electrons. The summed E-state index contributed by atoms with van der Waals surface area (Å²) >= 11 is 0. The van der Waals surface area contributed by atoms with E-state index < -0.39 is 0 Å². The number of benzene rings is 1. The van der Waals surface area contributed by atoms with Gasteiger partial charge in [0.05, 0.1) is 0 Å². The molecule has 16 heavy (non-hydrogen) atoms. The molecule has 2 rings (SSSR count). The zero-order chi connectivity index (χ0) is 11.4. The van der Waals surface area contributed by atoms with E-state index in [4.69, 9.17) is 0 Å². The second-order valence-corrected chi connectivity index (χ2v) is 3.99. The lowest BCUT2D eigenvalue weighted by Crippen LogP contribution is -2.03. The highest BCUT2D eigenvalue weighted by Crippen LogP contribution is 2.14. The third-order valence-electron chi connectivity index (χ3n) is 2.59. The minimum atomic E-state index is 0.269. The third-order valence-corrected chi connectivity index (χ3v) is 2.59. The van der Waals surface area contributed by atoms with Crippen molar-refractivity contribution in [2.45, 2.75) is 26.2 Å². The molecule has 0 aliphatic heterocycles. The van der Waals surface area contributed by atoms with Gasteiger partial charge in [-0.2, -0.15) is 0 Å². The zero-order valence-corrected chi connectivity index (χ0v) is 9.44. The number of hydrogen-bond donors (Lipinski definition) is 0. The molecule has 0 fully saturated rings. The Balaban J connectivity index is 2.22. The summed E-state index contributed by atoms with van der Waals surface area (Å²) in [5.74, 6) is 0.269. The van der Waals surface area contributed by atoms with Crippen molar-refractivity contribution in [1.29, 1.82) is 0 Å². The Bertz CT molecular complexity index is 505. The molecule has 0 amide bonds. The standard InChI is InChI=1S/C14H15NO/c1-2-5-14(16)9-13-8-11-6-3-4-7-12(11)10-15-13/h3-4,6-8,10H,2,5,9H2,1H3. The lowest BCUT2D eigenvalue weighted by Gasteiger charge is -2.01. The Kier molecular flexibility index (Phi) is 3.30. The van der Waals surface area contributed by atoms with E-state index in [9.17, 15) is 4.79 Å². The predicted octanol–water partition coefficient (Wildman–Crippen LogP) is 3.15. The minimum absolute atomic E-state index is 0.269. The van der Waals surface area contributed by atoms with Crippen LogP contribution in [0.4, 0.5) is 0 Å². The summed E-state index contributed by atoms with van der Waals surface area (Å²) in [6.45, 7) is 2.02. The van der Waals surface area contributed by atoms with Crippen LogP contribution in [-0.2, 0) is 11.2 Å². The molecule has 2 aromatic rings. The molecule has 0 aliphatic rings. The van der Waals surface area contributed by atoms with Crippen molar-refractivity contribution in [3.63, 3.8) is 0 Å². The van der Waals surface area contributed by atoms with Crippen molar-refractivity contribution in [2.75, 3.05) is 0 Å².